The minimum Gasteiger partial charge on any atom is -0.465 e. The number of thioether (sulfide) groups is 1. The molecule has 3 heterocycles. The number of carbonyl (C=O) groups is 3. The van der Waals surface area contributed by atoms with Gasteiger partial charge in [0, 0.05) is 18.3 Å². The van der Waals surface area contributed by atoms with Crippen LogP contribution < -0.4 is 0 Å². The van der Waals surface area contributed by atoms with Gasteiger partial charge in [-0.15, -0.1) is 24.9 Å². The maximum Gasteiger partial charge on any atom is 0.310 e. The summed E-state index contributed by atoms with van der Waals surface area (Å²) in [4.78, 5) is 46.2. The minimum atomic E-state index is -0.787. The first-order chi connectivity index (χ1) is 19.8. The zero-order chi connectivity index (χ0) is 29.7. The number of aliphatic hydroxyl groups is 1. The van der Waals surface area contributed by atoms with Crippen LogP contribution in [0, 0.1) is 23.7 Å². The number of nitrogens with zero attached hydrogens (tertiary/aromatic N) is 2. The number of amides is 2. The van der Waals surface area contributed by atoms with E-state index in [4.69, 9.17) is 4.74 Å². The van der Waals surface area contributed by atoms with Crippen molar-refractivity contribution in [2.45, 2.75) is 81.5 Å². The van der Waals surface area contributed by atoms with Crippen molar-refractivity contribution in [2.75, 3.05) is 19.8 Å². The molecule has 7 nitrogen and oxygen atoms in total. The second kappa shape index (κ2) is 13.6. The maximum absolute atomic E-state index is 14.7. The van der Waals surface area contributed by atoms with Gasteiger partial charge < -0.3 is 19.6 Å². The van der Waals surface area contributed by atoms with Gasteiger partial charge in [-0.05, 0) is 43.1 Å². The lowest BCUT2D eigenvalue weighted by Gasteiger charge is -2.43. The predicted octanol–water partition coefficient (Wildman–Crippen LogP) is 4.84. The summed E-state index contributed by atoms with van der Waals surface area (Å²) in [5.41, 5.74) is 0.989. The molecule has 1 N–H and O–H groups in total. The van der Waals surface area contributed by atoms with Gasteiger partial charge in [0.25, 0.3) is 0 Å². The van der Waals surface area contributed by atoms with Crippen molar-refractivity contribution in [3.8, 4) is 0 Å². The van der Waals surface area contributed by atoms with E-state index in [1.165, 1.54) is 0 Å². The van der Waals surface area contributed by atoms with E-state index in [1.54, 1.807) is 27.6 Å². The monoisotopic (exact) mass is 582 g/mol. The van der Waals surface area contributed by atoms with Gasteiger partial charge in [0.15, 0.2) is 0 Å². The van der Waals surface area contributed by atoms with Gasteiger partial charge in [-0.25, -0.2) is 0 Å². The van der Waals surface area contributed by atoms with E-state index >= 15 is 0 Å². The second-order valence-electron chi connectivity index (χ2n) is 11.9. The molecule has 3 saturated heterocycles. The molecule has 3 unspecified atom stereocenters. The van der Waals surface area contributed by atoms with E-state index in [9.17, 15) is 19.5 Å². The Kier molecular flexibility index (Phi) is 10.4. The van der Waals surface area contributed by atoms with Crippen LogP contribution in [0.3, 0.4) is 0 Å². The third-order valence-electron chi connectivity index (χ3n) is 9.46. The molecule has 2 bridgehead atoms. The van der Waals surface area contributed by atoms with Crippen molar-refractivity contribution >= 4 is 29.5 Å². The molecule has 1 spiro atoms. The molecule has 224 valence electrons. The van der Waals surface area contributed by atoms with E-state index in [0.717, 1.165) is 37.7 Å². The van der Waals surface area contributed by atoms with E-state index in [1.807, 2.05) is 50.3 Å². The number of allylic oxidation sites excluding steroid dienone is 1. The quantitative estimate of drug-likeness (QED) is 0.181. The van der Waals surface area contributed by atoms with Crippen LogP contribution in [0.25, 0.3) is 0 Å². The first kappa shape index (κ1) is 31.4. The van der Waals surface area contributed by atoms with Crippen LogP contribution in [0.4, 0.5) is 0 Å². The number of ether oxygens (including phenoxy) is 1. The molecule has 41 heavy (non-hydrogen) atoms. The Morgan fingerprint density at radius 1 is 1.24 bits per heavy atom. The maximum atomic E-state index is 14.7. The standard InChI is InChI=1S/C33H46N2O5S/c1-6-9-10-14-18-40-32(39)27-26-19-23(5)33(41-26)28(27)30(37)35(25(21-36)22(4)8-3)29(33)31(38)34(17-7-2)20-24-15-12-11-13-16-24/h6-7,11-13,15-16,22-23,25-29,36H,1-2,8-10,14,17-21H2,3-5H3/t22-,23?,25-,26-,27+,28-,29?,33?/m0/s1. The largest absolute Gasteiger partial charge is 0.465 e. The van der Waals surface area contributed by atoms with Crippen molar-refractivity contribution in [1.29, 1.82) is 0 Å². The second-order valence-corrected chi connectivity index (χ2v) is 13.4. The summed E-state index contributed by atoms with van der Waals surface area (Å²) in [6.07, 6.45) is 7.55. The van der Waals surface area contributed by atoms with Crippen LogP contribution >= 0.6 is 11.8 Å². The summed E-state index contributed by atoms with van der Waals surface area (Å²) >= 11 is 1.64. The number of unbranched alkanes of at least 4 members (excludes halogenated alkanes) is 2. The number of likely N-dealkylation sites (tertiary alicyclic amines) is 1. The summed E-state index contributed by atoms with van der Waals surface area (Å²) in [7, 11) is 0. The molecule has 3 aliphatic rings. The van der Waals surface area contributed by atoms with Gasteiger partial charge in [0.1, 0.15) is 6.04 Å². The van der Waals surface area contributed by atoms with Gasteiger partial charge in [-0.2, -0.15) is 0 Å². The Hall–Kier alpha value is -2.58. The lowest BCUT2D eigenvalue weighted by molar-refractivity contribution is -0.155. The fraction of sp³-hybridized carbons (Fsp3) is 0.606. The van der Waals surface area contributed by atoms with E-state index in [0.29, 0.717) is 19.7 Å². The van der Waals surface area contributed by atoms with Crippen LogP contribution in [0.2, 0.25) is 0 Å². The van der Waals surface area contributed by atoms with Crippen molar-refractivity contribution in [3.05, 3.63) is 61.2 Å². The number of hydrogen-bond donors (Lipinski definition) is 1. The Bertz CT molecular complexity index is 1110. The lowest BCUT2D eigenvalue weighted by Crippen LogP contribution is -2.60. The first-order valence-corrected chi connectivity index (χ1v) is 16.0. The van der Waals surface area contributed by atoms with Crippen LogP contribution in [0.15, 0.2) is 55.6 Å². The van der Waals surface area contributed by atoms with Crippen molar-refractivity contribution in [3.63, 3.8) is 0 Å². The van der Waals surface area contributed by atoms with Gasteiger partial charge in [-0.1, -0.05) is 69.7 Å². The molecule has 1 aromatic carbocycles. The Morgan fingerprint density at radius 2 is 1.98 bits per heavy atom. The first-order valence-electron chi connectivity index (χ1n) is 15.1. The van der Waals surface area contributed by atoms with Gasteiger partial charge in [0.2, 0.25) is 11.8 Å². The van der Waals surface area contributed by atoms with Gasteiger partial charge in [0.05, 0.1) is 35.8 Å². The summed E-state index contributed by atoms with van der Waals surface area (Å²) in [6.45, 7) is 14.6. The number of benzene rings is 1. The molecule has 0 aliphatic carbocycles. The molecule has 1 aromatic rings. The average Bonchev–Trinajstić information content (AvgIpc) is 3.57. The summed E-state index contributed by atoms with van der Waals surface area (Å²) in [6, 6.07) is 8.49. The predicted molar refractivity (Wildman–Crippen MR) is 163 cm³/mol. The molecule has 3 aliphatic heterocycles. The highest BCUT2D eigenvalue weighted by molar-refractivity contribution is 8.02. The fourth-order valence-electron chi connectivity index (χ4n) is 7.20. The number of rotatable bonds is 15. The number of carbonyl (C=O) groups excluding carboxylic acids is 3. The molecule has 4 rings (SSSR count). The molecular formula is C33H46N2O5S. The van der Waals surface area contributed by atoms with Crippen LogP contribution in [0.5, 0.6) is 0 Å². The molecule has 2 amide bonds. The Labute approximate surface area is 249 Å². The number of fused-ring (bicyclic) bond motifs is 1. The summed E-state index contributed by atoms with van der Waals surface area (Å²) in [5, 5.41) is 10.5. The number of hydrogen-bond acceptors (Lipinski definition) is 6. The molecular weight excluding hydrogens is 536 g/mol. The summed E-state index contributed by atoms with van der Waals surface area (Å²) in [5.74, 6) is -1.92. The molecule has 8 heteroatoms. The molecule has 0 saturated carbocycles. The average molecular weight is 583 g/mol. The lowest BCUT2D eigenvalue weighted by atomic mass is 9.66. The number of aliphatic hydroxyl groups excluding tert-OH is 1. The Morgan fingerprint density at radius 3 is 2.61 bits per heavy atom. The van der Waals surface area contributed by atoms with Crippen molar-refractivity contribution in [2.24, 2.45) is 23.7 Å². The Balaban J connectivity index is 1.73. The van der Waals surface area contributed by atoms with Crippen LogP contribution in [-0.4, -0.2) is 74.5 Å². The normalized spacial score (nSPS) is 29.6. The zero-order valence-electron chi connectivity index (χ0n) is 24.7. The van der Waals surface area contributed by atoms with Gasteiger partial charge in [-0.3, -0.25) is 14.4 Å². The highest BCUT2D eigenvalue weighted by Gasteiger charge is 2.77. The van der Waals surface area contributed by atoms with Crippen molar-refractivity contribution in [1.82, 2.24) is 9.80 Å². The minimum absolute atomic E-state index is 0.0239. The van der Waals surface area contributed by atoms with E-state index in [-0.39, 0.29) is 41.5 Å². The van der Waals surface area contributed by atoms with Crippen molar-refractivity contribution < 1.29 is 24.2 Å². The third-order valence-corrected chi connectivity index (χ3v) is 11.5. The van der Waals surface area contributed by atoms with E-state index in [2.05, 4.69) is 20.1 Å². The third kappa shape index (κ3) is 5.74. The fourth-order valence-corrected chi connectivity index (χ4v) is 9.59. The zero-order valence-corrected chi connectivity index (χ0v) is 25.6. The molecule has 0 radical (unpaired) electrons. The van der Waals surface area contributed by atoms with Crippen LogP contribution in [-0.2, 0) is 25.7 Å². The topological polar surface area (TPSA) is 87.2 Å². The van der Waals surface area contributed by atoms with Gasteiger partial charge >= 0.3 is 5.97 Å². The SMILES string of the molecule is C=CCCCCOC(=O)[C@@H]1[C@@H]2CC(C)C3(S2)C(C(=O)N(CC=C)Cc2ccccc2)N([C@@H](CO)[C@@H](C)CC)C(=O)[C@H]13. The smallest absolute Gasteiger partial charge is 0.310 e. The number of esters is 1. The van der Waals surface area contributed by atoms with Crippen LogP contribution in [0.1, 0.15) is 58.4 Å². The molecule has 3 fully saturated rings. The molecule has 8 atom stereocenters. The molecule has 0 aromatic heterocycles. The van der Waals surface area contributed by atoms with E-state index < -0.39 is 28.7 Å². The highest BCUT2D eigenvalue weighted by atomic mass is 32.2. The highest BCUT2D eigenvalue weighted by Crippen LogP contribution is 2.69. The summed E-state index contributed by atoms with van der Waals surface area (Å²) < 4.78 is 4.99.